The normalized spacial score (nSPS) is 26.8. The number of nitrogens with zero attached hydrogens (tertiary/aromatic N) is 6. The fourth-order valence-corrected chi connectivity index (χ4v) is 4.08. The topological polar surface area (TPSA) is 37.7 Å². The number of allylic oxidation sites excluding steroid dienone is 1. The van der Waals surface area contributed by atoms with Crippen molar-refractivity contribution in [3.05, 3.63) is 11.3 Å². The number of likely N-dealkylation sites (N-methyl/N-ethyl adjacent to an activating group) is 1. The highest BCUT2D eigenvalue weighted by molar-refractivity contribution is 8.13. The molecule has 0 N–H and O–H groups in total. The standard InChI is InChI=1S/C15H24N6S/c1-18-7-9-19(10-8-18)21-14-16-13-6-4-3-5-12(13)11-20(14)17-15(21)22-2/h3-11H2,1-2H3. The van der Waals surface area contributed by atoms with Crippen LogP contribution in [0.4, 0.5) is 0 Å². The molecule has 0 atom stereocenters. The number of aliphatic imine (C=N–C) groups is 1. The zero-order chi connectivity index (χ0) is 15.1. The highest BCUT2D eigenvalue weighted by Crippen LogP contribution is 2.33. The number of hydrogen-bond donors (Lipinski definition) is 0. The molecule has 22 heavy (non-hydrogen) atoms. The molecule has 0 aromatic carbocycles. The van der Waals surface area contributed by atoms with Crippen LogP contribution in [0.3, 0.4) is 0 Å². The largest absolute Gasteiger partial charge is 0.304 e. The predicted molar refractivity (Wildman–Crippen MR) is 91.5 cm³/mol. The summed E-state index contributed by atoms with van der Waals surface area (Å²) in [6, 6.07) is 0. The van der Waals surface area contributed by atoms with Gasteiger partial charge in [0.1, 0.15) is 0 Å². The summed E-state index contributed by atoms with van der Waals surface area (Å²) in [4.78, 5) is 7.38. The predicted octanol–water partition coefficient (Wildman–Crippen LogP) is 1.60. The van der Waals surface area contributed by atoms with E-state index in [0.717, 1.165) is 50.3 Å². The maximum absolute atomic E-state index is 5.00. The summed E-state index contributed by atoms with van der Waals surface area (Å²) >= 11 is 1.71. The summed E-state index contributed by atoms with van der Waals surface area (Å²) in [6.07, 6.45) is 7.02. The number of hydrazone groups is 1. The van der Waals surface area contributed by atoms with E-state index in [1.807, 2.05) is 0 Å². The second-order valence-corrected chi connectivity index (χ2v) is 7.16. The number of hydrogen-bond acceptors (Lipinski definition) is 7. The molecule has 0 amide bonds. The first-order valence-corrected chi connectivity index (χ1v) is 9.42. The summed E-state index contributed by atoms with van der Waals surface area (Å²) < 4.78 is 0. The van der Waals surface area contributed by atoms with Crippen molar-refractivity contribution in [1.29, 1.82) is 0 Å². The van der Waals surface area contributed by atoms with Crippen LogP contribution in [0.2, 0.25) is 0 Å². The van der Waals surface area contributed by atoms with Crippen molar-refractivity contribution in [1.82, 2.24) is 19.9 Å². The Labute approximate surface area is 136 Å². The number of rotatable bonds is 1. The van der Waals surface area contributed by atoms with Gasteiger partial charge in [-0.3, -0.25) is 0 Å². The smallest absolute Gasteiger partial charge is 0.244 e. The van der Waals surface area contributed by atoms with Gasteiger partial charge >= 0.3 is 0 Å². The first-order chi connectivity index (χ1) is 10.8. The van der Waals surface area contributed by atoms with E-state index in [1.54, 1.807) is 11.8 Å². The van der Waals surface area contributed by atoms with E-state index < -0.39 is 0 Å². The lowest BCUT2D eigenvalue weighted by Gasteiger charge is -2.39. The van der Waals surface area contributed by atoms with Crippen molar-refractivity contribution >= 4 is 22.9 Å². The van der Waals surface area contributed by atoms with Crippen LogP contribution in [0.25, 0.3) is 0 Å². The van der Waals surface area contributed by atoms with Crippen LogP contribution >= 0.6 is 11.8 Å². The number of fused-ring (bicyclic) bond motifs is 1. The van der Waals surface area contributed by atoms with E-state index in [4.69, 9.17) is 10.1 Å². The highest BCUT2D eigenvalue weighted by Gasteiger charge is 2.38. The van der Waals surface area contributed by atoms with Crippen LogP contribution in [0.1, 0.15) is 25.7 Å². The quantitative estimate of drug-likeness (QED) is 0.734. The molecule has 0 unspecified atom stereocenters. The Bertz CT molecular complexity index is 546. The van der Waals surface area contributed by atoms with Gasteiger partial charge in [-0.1, -0.05) is 11.8 Å². The zero-order valence-electron chi connectivity index (χ0n) is 13.5. The van der Waals surface area contributed by atoms with Gasteiger partial charge < -0.3 is 4.90 Å². The second-order valence-electron chi connectivity index (χ2n) is 6.38. The van der Waals surface area contributed by atoms with Crippen LogP contribution in [0.15, 0.2) is 21.4 Å². The number of amidine groups is 1. The molecule has 1 aliphatic carbocycles. The average Bonchev–Trinajstić information content (AvgIpc) is 2.91. The molecule has 0 radical (unpaired) electrons. The van der Waals surface area contributed by atoms with Gasteiger partial charge in [-0.15, -0.1) is 5.10 Å². The number of hydrazine groups is 1. The first-order valence-electron chi connectivity index (χ1n) is 8.19. The fourth-order valence-electron chi connectivity index (χ4n) is 3.53. The number of piperazine rings is 1. The Kier molecular flexibility index (Phi) is 3.88. The SMILES string of the molecule is CSC1=NN2CC3=C(CCCC3)N=C2N1N1CCN(C)CC1. The van der Waals surface area contributed by atoms with Gasteiger partial charge in [0.2, 0.25) is 11.1 Å². The van der Waals surface area contributed by atoms with Crippen molar-refractivity contribution in [2.45, 2.75) is 25.7 Å². The summed E-state index contributed by atoms with van der Waals surface area (Å²) in [6.45, 7) is 5.20. The molecule has 120 valence electrons. The van der Waals surface area contributed by atoms with Crippen LogP contribution < -0.4 is 0 Å². The minimum absolute atomic E-state index is 0.933. The number of guanidine groups is 1. The molecule has 3 aliphatic heterocycles. The zero-order valence-corrected chi connectivity index (χ0v) is 14.3. The lowest BCUT2D eigenvalue weighted by atomic mass is 9.95. The molecule has 1 saturated heterocycles. The van der Waals surface area contributed by atoms with Crippen LogP contribution in [-0.4, -0.2) is 77.1 Å². The summed E-state index contributed by atoms with van der Waals surface area (Å²) in [7, 11) is 2.19. The number of thioether (sulfide) groups is 1. The molecule has 0 saturated carbocycles. The molecule has 0 bridgehead atoms. The molecule has 3 heterocycles. The van der Waals surface area contributed by atoms with Gasteiger partial charge in [-0.05, 0) is 44.6 Å². The van der Waals surface area contributed by atoms with Crippen LogP contribution in [0.5, 0.6) is 0 Å². The molecule has 7 heteroatoms. The van der Waals surface area contributed by atoms with E-state index in [-0.39, 0.29) is 0 Å². The maximum Gasteiger partial charge on any atom is 0.244 e. The minimum atomic E-state index is 0.933. The van der Waals surface area contributed by atoms with E-state index in [1.165, 1.54) is 30.5 Å². The second kappa shape index (κ2) is 5.86. The Morgan fingerprint density at radius 1 is 1.05 bits per heavy atom. The molecule has 1 fully saturated rings. The van der Waals surface area contributed by atoms with E-state index in [2.05, 4.69) is 33.2 Å². The summed E-state index contributed by atoms with van der Waals surface area (Å²) in [5.41, 5.74) is 2.83. The Hall–Kier alpha value is -1.05. The summed E-state index contributed by atoms with van der Waals surface area (Å²) in [5.74, 6) is 1.02. The molecule has 6 nitrogen and oxygen atoms in total. The van der Waals surface area contributed by atoms with Gasteiger partial charge in [0.05, 0.1) is 6.54 Å². The van der Waals surface area contributed by atoms with Crippen LogP contribution in [0, 0.1) is 0 Å². The van der Waals surface area contributed by atoms with Gasteiger partial charge in [-0.2, -0.15) is 0 Å². The Morgan fingerprint density at radius 3 is 2.59 bits per heavy atom. The fraction of sp³-hybridized carbons (Fsp3) is 0.733. The minimum Gasteiger partial charge on any atom is -0.304 e. The maximum atomic E-state index is 5.00. The monoisotopic (exact) mass is 320 g/mol. The molecule has 4 rings (SSSR count). The Balaban J connectivity index is 1.63. The first kappa shape index (κ1) is 14.5. The van der Waals surface area contributed by atoms with Gasteiger partial charge in [0.25, 0.3) is 0 Å². The lowest BCUT2D eigenvalue weighted by molar-refractivity contribution is 0.0509. The van der Waals surface area contributed by atoms with Gasteiger partial charge in [0, 0.05) is 31.9 Å². The summed E-state index contributed by atoms with van der Waals surface area (Å²) in [5, 5.41) is 12.6. The van der Waals surface area contributed by atoms with Crippen LogP contribution in [-0.2, 0) is 0 Å². The van der Waals surface area contributed by atoms with Gasteiger partial charge in [0.15, 0.2) is 0 Å². The van der Waals surface area contributed by atoms with Crippen molar-refractivity contribution in [2.75, 3.05) is 46.0 Å². The van der Waals surface area contributed by atoms with Crippen molar-refractivity contribution in [3.63, 3.8) is 0 Å². The van der Waals surface area contributed by atoms with Gasteiger partial charge in [-0.25, -0.2) is 20.0 Å². The molecular formula is C15H24N6S. The third-order valence-electron chi connectivity index (χ3n) is 4.88. The van der Waals surface area contributed by atoms with E-state index in [0.29, 0.717) is 0 Å². The Morgan fingerprint density at radius 2 is 1.82 bits per heavy atom. The van der Waals surface area contributed by atoms with Crippen molar-refractivity contribution in [3.8, 4) is 0 Å². The molecular weight excluding hydrogens is 296 g/mol. The van der Waals surface area contributed by atoms with Crippen molar-refractivity contribution < 1.29 is 0 Å². The lowest BCUT2D eigenvalue weighted by Crippen LogP contribution is -2.56. The third kappa shape index (κ3) is 2.45. The molecule has 4 aliphatic rings. The van der Waals surface area contributed by atoms with E-state index >= 15 is 0 Å². The molecule has 0 spiro atoms. The highest BCUT2D eigenvalue weighted by atomic mass is 32.2. The molecule has 0 aromatic rings. The van der Waals surface area contributed by atoms with E-state index in [9.17, 15) is 0 Å². The third-order valence-corrected chi connectivity index (χ3v) is 5.50. The molecule has 0 aromatic heterocycles. The van der Waals surface area contributed by atoms with Crippen molar-refractivity contribution in [2.24, 2.45) is 10.1 Å². The average molecular weight is 320 g/mol.